The maximum Gasteiger partial charge on any atom is 0.315 e. The van der Waals surface area contributed by atoms with E-state index >= 15 is 0 Å². The molecule has 3 aromatic carbocycles. The largest absolute Gasteiger partial charge is 0.378 e. The molecule has 2 aliphatic rings. The third-order valence-electron chi connectivity index (χ3n) is 9.21. The van der Waals surface area contributed by atoms with Crippen LogP contribution in [0.15, 0.2) is 91.0 Å². The lowest BCUT2D eigenvalue weighted by Gasteiger charge is -2.38. The first-order chi connectivity index (χ1) is 19.5. The van der Waals surface area contributed by atoms with Gasteiger partial charge in [-0.2, -0.15) is 0 Å². The van der Waals surface area contributed by atoms with Gasteiger partial charge in [-0.05, 0) is 87.6 Å². The fraction of sp³-hybridized carbons (Fsp3) is 0.457. The van der Waals surface area contributed by atoms with Gasteiger partial charge in [0.2, 0.25) is 0 Å². The van der Waals surface area contributed by atoms with Gasteiger partial charge in [0.1, 0.15) is 5.60 Å². The van der Waals surface area contributed by atoms with Crippen molar-refractivity contribution in [3.63, 3.8) is 0 Å². The molecule has 0 radical (unpaired) electrons. The summed E-state index contributed by atoms with van der Waals surface area (Å²) in [6.45, 7) is 4.24. The molecule has 0 spiro atoms. The van der Waals surface area contributed by atoms with E-state index in [9.17, 15) is 9.90 Å². The third kappa shape index (κ3) is 6.76. The summed E-state index contributed by atoms with van der Waals surface area (Å²) in [5.74, 6) is 0.722. The van der Waals surface area contributed by atoms with Crippen LogP contribution in [0, 0.1) is 5.92 Å². The van der Waals surface area contributed by atoms with Gasteiger partial charge >= 0.3 is 6.03 Å². The lowest BCUT2D eigenvalue weighted by Crippen LogP contribution is -2.54. The van der Waals surface area contributed by atoms with Gasteiger partial charge in [-0.1, -0.05) is 97.4 Å². The second-order valence-corrected chi connectivity index (χ2v) is 11.8. The molecule has 1 saturated carbocycles. The van der Waals surface area contributed by atoms with Gasteiger partial charge in [-0.15, -0.1) is 0 Å². The normalized spacial score (nSPS) is 22.8. The zero-order valence-electron chi connectivity index (χ0n) is 23.8. The van der Waals surface area contributed by atoms with Crippen molar-refractivity contribution >= 4 is 6.03 Å². The lowest BCUT2D eigenvalue weighted by atomic mass is 9.81. The molecule has 1 saturated heterocycles. The van der Waals surface area contributed by atoms with E-state index in [4.69, 9.17) is 0 Å². The number of hydrogen-bond donors (Lipinski definition) is 3. The Morgan fingerprint density at radius 1 is 0.850 bits per heavy atom. The van der Waals surface area contributed by atoms with E-state index in [1.54, 1.807) is 0 Å². The van der Waals surface area contributed by atoms with E-state index in [1.165, 1.54) is 37.8 Å². The number of carbonyl (C=O) groups excluding carboxylic acids is 1. The molecule has 3 N–H and O–H groups in total. The van der Waals surface area contributed by atoms with Crippen LogP contribution >= 0.6 is 0 Å². The summed E-state index contributed by atoms with van der Waals surface area (Å²) < 4.78 is 0. The van der Waals surface area contributed by atoms with Crippen LogP contribution in [-0.4, -0.2) is 41.2 Å². The minimum Gasteiger partial charge on any atom is -0.378 e. The Kier molecular flexibility index (Phi) is 9.56. The van der Waals surface area contributed by atoms with Crippen molar-refractivity contribution in [3.05, 3.63) is 108 Å². The van der Waals surface area contributed by atoms with Gasteiger partial charge in [0.25, 0.3) is 0 Å². The highest BCUT2D eigenvalue weighted by Crippen LogP contribution is 2.34. The molecule has 2 amide bonds. The maximum atomic E-state index is 13.1. The van der Waals surface area contributed by atoms with Crippen molar-refractivity contribution in [2.45, 2.75) is 82.0 Å². The number of rotatable bonds is 9. The zero-order valence-corrected chi connectivity index (χ0v) is 23.8. The Labute approximate surface area is 240 Å². The number of urea groups is 1. The number of benzene rings is 3. The van der Waals surface area contributed by atoms with E-state index in [1.807, 2.05) is 67.6 Å². The molecule has 0 bridgehead atoms. The van der Waals surface area contributed by atoms with Gasteiger partial charge in [-0.3, -0.25) is 4.90 Å². The number of nitrogens with one attached hydrogen (secondary N) is 2. The first kappa shape index (κ1) is 28.4. The Morgan fingerprint density at radius 3 is 2.02 bits per heavy atom. The van der Waals surface area contributed by atoms with Crippen molar-refractivity contribution in [3.8, 4) is 0 Å². The Balaban J connectivity index is 1.11. The van der Waals surface area contributed by atoms with Crippen molar-refractivity contribution in [2.75, 3.05) is 13.1 Å². The molecule has 5 nitrogen and oxygen atoms in total. The van der Waals surface area contributed by atoms with Crippen LogP contribution in [0.25, 0.3) is 0 Å². The van der Waals surface area contributed by atoms with Crippen LogP contribution in [0.3, 0.4) is 0 Å². The average molecular weight is 540 g/mol. The standard InChI is InChI=1S/C35H45N3O2/c1-27(35(40,30-15-7-3-8-16-30)31-17-9-4-10-18-31)36-34(39)37-32-22-20-28(21-23-32)24-26-38-25-12-11-19-33(38)29-13-5-2-6-14-29/h2-10,13-18,27-28,32-33,40H,11-12,19-26H2,1H3,(H2,36,37,39)/t27-,28?,32?,33?/m0/s1. The molecule has 2 fully saturated rings. The fourth-order valence-corrected chi connectivity index (χ4v) is 6.83. The molecule has 0 aromatic heterocycles. The Morgan fingerprint density at radius 2 is 1.43 bits per heavy atom. The summed E-state index contributed by atoms with van der Waals surface area (Å²) in [6, 6.07) is 30.2. The SMILES string of the molecule is C[C@H](NC(=O)NC1CCC(CCN2CCCCC2c2ccccc2)CC1)C(O)(c1ccccc1)c1ccccc1. The van der Waals surface area contributed by atoms with Crippen molar-refractivity contribution in [1.82, 2.24) is 15.5 Å². The first-order valence-corrected chi connectivity index (χ1v) is 15.2. The molecule has 5 heteroatoms. The highest BCUT2D eigenvalue weighted by molar-refractivity contribution is 5.75. The molecule has 1 heterocycles. The highest BCUT2D eigenvalue weighted by Gasteiger charge is 2.39. The second-order valence-electron chi connectivity index (χ2n) is 11.8. The fourth-order valence-electron chi connectivity index (χ4n) is 6.83. The van der Waals surface area contributed by atoms with Crippen LogP contribution < -0.4 is 10.6 Å². The maximum absolute atomic E-state index is 13.1. The first-order valence-electron chi connectivity index (χ1n) is 15.2. The van der Waals surface area contributed by atoms with Crippen molar-refractivity contribution in [1.29, 1.82) is 0 Å². The van der Waals surface area contributed by atoms with Crippen molar-refractivity contribution in [2.24, 2.45) is 5.92 Å². The topological polar surface area (TPSA) is 64.6 Å². The number of amides is 2. The van der Waals surface area contributed by atoms with Gasteiger partial charge in [0.15, 0.2) is 0 Å². The average Bonchev–Trinajstić information content (AvgIpc) is 3.01. The monoisotopic (exact) mass is 539 g/mol. The summed E-state index contributed by atoms with van der Waals surface area (Å²) in [5, 5.41) is 18.2. The lowest BCUT2D eigenvalue weighted by molar-refractivity contribution is 0.0470. The molecular weight excluding hydrogens is 494 g/mol. The molecule has 1 aliphatic heterocycles. The number of likely N-dealkylation sites (tertiary alicyclic amines) is 1. The van der Waals surface area contributed by atoms with Crippen LogP contribution in [0.4, 0.5) is 4.79 Å². The van der Waals surface area contributed by atoms with E-state index in [2.05, 4.69) is 45.9 Å². The minimum absolute atomic E-state index is 0.178. The number of hydrogen-bond acceptors (Lipinski definition) is 3. The predicted octanol–water partition coefficient (Wildman–Crippen LogP) is 6.79. The van der Waals surface area contributed by atoms with E-state index in [0.717, 1.165) is 49.3 Å². The third-order valence-corrected chi connectivity index (χ3v) is 9.21. The summed E-state index contributed by atoms with van der Waals surface area (Å²) in [5.41, 5.74) is 1.65. The van der Waals surface area contributed by atoms with E-state index < -0.39 is 11.6 Å². The molecule has 5 rings (SSSR count). The molecular formula is C35H45N3O2. The Hall–Kier alpha value is -3.15. The van der Waals surface area contributed by atoms with Gasteiger partial charge in [-0.25, -0.2) is 4.79 Å². The van der Waals surface area contributed by atoms with Crippen molar-refractivity contribution < 1.29 is 9.90 Å². The smallest absolute Gasteiger partial charge is 0.315 e. The van der Waals surface area contributed by atoms with Crippen LogP contribution in [0.2, 0.25) is 0 Å². The Bertz CT molecular complexity index is 1140. The highest BCUT2D eigenvalue weighted by atomic mass is 16.3. The molecule has 1 unspecified atom stereocenters. The van der Waals surface area contributed by atoms with Crippen LogP contribution in [-0.2, 0) is 5.60 Å². The van der Waals surface area contributed by atoms with Gasteiger partial charge in [0.05, 0.1) is 6.04 Å². The zero-order chi connectivity index (χ0) is 27.8. The summed E-state index contributed by atoms with van der Waals surface area (Å²) in [4.78, 5) is 15.8. The molecule has 2 atom stereocenters. The van der Waals surface area contributed by atoms with Gasteiger partial charge in [0, 0.05) is 12.1 Å². The number of piperidine rings is 1. The second kappa shape index (κ2) is 13.5. The number of nitrogens with zero attached hydrogens (tertiary/aromatic N) is 1. The predicted molar refractivity (Wildman–Crippen MR) is 162 cm³/mol. The minimum atomic E-state index is -1.33. The van der Waals surface area contributed by atoms with Crippen LogP contribution in [0.5, 0.6) is 0 Å². The summed E-state index contributed by atoms with van der Waals surface area (Å²) >= 11 is 0. The number of aliphatic hydroxyl groups is 1. The molecule has 3 aromatic rings. The summed E-state index contributed by atoms with van der Waals surface area (Å²) in [6.07, 6.45) is 9.45. The van der Waals surface area contributed by atoms with Crippen LogP contribution in [0.1, 0.15) is 81.0 Å². The number of carbonyl (C=O) groups is 1. The molecule has 212 valence electrons. The summed E-state index contributed by atoms with van der Waals surface area (Å²) in [7, 11) is 0. The molecule has 1 aliphatic carbocycles. The van der Waals surface area contributed by atoms with E-state index in [-0.39, 0.29) is 12.1 Å². The molecule has 40 heavy (non-hydrogen) atoms. The van der Waals surface area contributed by atoms with E-state index in [0.29, 0.717) is 6.04 Å². The quantitative estimate of drug-likeness (QED) is 0.281. The van der Waals surface area contributed by atoms with Gasteiger partial charge < -0.3 is 15.7 Å².